The van der Waals surface area contributed by atoms with Crippen LogP contribution in [0.15, 0.2) is 33.7 Å². The van der Waals surface area contributed by atoms with E-state index in [9.17, 15) is 0 Å². The fourth-order valence-electron chi connectivity index (χ4n) is 1.41. The number of terminal acetylenes is 1. The van der Waals surface area contributed by atoms with E-state index in [0.29, 0.717) is 5.96 Å². The summed E-state index contributed by atoms with van der Waals surface area (Å²) in [5.74, 6) is 2.99. The second-order valence-corrected chi connectivity index (χ2v) is 5.93. The lowest BCUT2D eigenvalue weighted by molar-refractivity contribution is 0.507. The minimum atomic E-state index is -0.368. The third-order valence-electron chi connectivity index (χ3n) is 2.11. The maximum Gasteiger partial charge on any atom is 0.190 e. The Morgan fingerprint density at radius 1 is 1.39 bits per heavy atom. The van der Waals surface area contributed by atoms with Gasteiger partial charge < -0.3 is 11.1 Å². The molecule has 96 valence electrons. The van der Waals surface area contributed by atoms with Crippen LogP contribution in [0.3, 0.4) is 0 Å². The Labute approximate surface area is 117 Å². The SMILES string of the molecule is C#CC(N=C(N)NC(C)(C)C)c1ccc(Br)cc1. The van der Waals surface area contributed by atoms with E-state index in [-0.39, 0.29) is 11.6 Å². The Hall–Kier alpha value is -1.47. The van der Waals surface area contributed by atoms with Crippen LogP contribution in [-0.4, -0.2) is 11.5 Å². The van der Waals surface area contributed by atoms with E-state index in [0.717, 1.165) is 10.0 Å². The number of benzene rings is 1. The van der Waals surface area contributed by atoms with Gasteiger partial charge in [0.05, 0.1) is 0 Å². The normalized spacial score (nSPS) is 13.8. The van der Waals surface area contributed by atoms with E-state index in [1.807, 2.05) is 45.0 Å². The molecule has 0 fully saturated rings. The van der Waals surface area contributed by atoms with Gasteiger partial charge in [0.2, 0.25) is 0 Å². The van der Waals surface area contributed by atoms with Gasteiger partial charge in [-0.3, -0.25) is 0 Å². The first-order valence-corrected chi connectivity index (χ1v) is 6.44. The number of halogens is 1. The number of aliphatic imine (C=N–C) groups is 1. The van der Waals surface area contributed by atoms with Gasteiger partial charge in [0.15, 0.2) is 5.96 Å². The smallest absolute Gasteiger partial charge is 0.190 e. The van der Waals surface area contributed by atoms with Crippen molar-refractivity contribution in [3.8, 4) is 12.3 Å². The average molecular weight is 308 g/mol. The van der Waals surface area contributed by atoms with Gasteiger partial charge in [-0.05, 0) is 38.5 Å². The first-order chi connectivity index (χ1) is 8.31. The Kier molecular flexibility index (Phi) is 4.80. The van der Waals surface area contributed by atoms with Gasteiger partial charge in [0.1, 0.15) is 6.04 Å². The van der Waals surface area contributed by atoms with E-state index in [1.54, 1.807) is 0 Å². The molecule has 1 rings (SSSR count). The summed E-state index contributed by atoms with van der Waals surface area (Å²) in [6.45, 7) is 6.04. The number of hydrogen-bond acceptors (Lipinski definition) is 1. The van der Waals surface area contributed by atoms with Crippen LogP contribution in [0, 0.1) is 12.3 Å². The van der Waals surface area contributed by atoms with Crippen LogP contribution >= 0.6 is 15.9 Å². The third kappa shape index (κ3) is 4.80. The van der Waals surface area contributed by atoms with Crippen molar-refractivity contribution in [2.45, 2.75) is 32.4 Å². The molecule has 3 nitrogen and oxygen atoms in total. The fraction of sp³-hybridized carbons (Fsp3) is 0.357. The predicted molar refractivity (Wildman–Crippen MR) is 80.2 cm³/mol. The second-order valence-electron chi connectivity index (χ2n) is 5.01. The lowest BCUT2D eigenvalue weighted by Crippen LogP contribution is -2.45. The van der Waals surface area contributed by atoms with E-state index in [2.05, 4.69) is 32.2 Å². The summed E-state index contributed by atoms with van der Waals surface area (Å²) in [4.78, 5) is 4.31. The first kappa shape index (κ1) is 14.6. The number of nitrogens with zero attached hydrogens (tertiary/aromatic N) is 1. The second kappa shape index (κ2) is 5.92. The molecule has 0 aliphatic heterocycles. The van der Waals surface area contributed by atoms with Crippen LogP contribution in [0.5, 0.6) is 0 Å². The van der Waals surface area contributed by atoms with E-state index >= 15 is 0 Å². The Morgan fingerprint density at radius 2 is 1.94 bits per heavy atom. The van der Waals surface area contributed by atoms with Crippen molar-refractivity contribution < 1.29 is 0 Å². The topological polar surface area (TPSA) is 50.4 Å². The molecule has 1 atom stereocenters. The molecule has 0 aliphatic carbocycles. The molecule has 4 heteroatoms. The van der Waals surface area contributed by atoms with Crippen LogP contribution in [0.1, 0.15) is 32.4 Å². The first-order valence-electron chi connectivity index (χ1n) is 5.65. The van der Waals surface area contributed by atoms with Crippen molar-refractivity contribution in [3.05, 3.63) is 34.3 Å². The van der Waals surface area contributed by atoms with Crippen LogP contribution in [0.25, 0.3) is 0 Å². The van der Waals surface area contributed by atoms with Gasteiger partial charge >= 0.3 is 0 Å². The molecule has 0 saturated heterocycles. The summed E-state index contributed by atoms with van der Waals surface area (Å²) >= 11 is 3.38. The minimum absolute atomic E-state index is 0.132. The molecule has 0 aliphatic rings. The maximum atomic E-state index is 5.84. The zero-order chi connectivity index (χ0) is 13.8. The van der Waals surface area contributed by atoms with Crippen molar-refractivity contribution in [2.75, 3.05) is 0 Å². The summed E-state index contributed by atoms with van der Waals surface area (Å²) < 4.78 is 1.01. The minimum Gasteiger partial charge on any atom is -0.370 e. The Morgan fingerprint density at radius 3 is 2.39 bits per heavy atom. The number of hydrogen-bond donors (Lipinski definition) is 2. The van der Waals surface area contributed by atoms with Crippen LogP contribution < -0.4 is 11.1 Å². The summed E-state index contributed by atoms with van der Waals surface area (Å²) in [6, 6.07) is 7.36. The summed E-state index contributed by atoms with van der Waals surface area (Å²) in [6.07, 6.45) is 5.50. The van der Waals surface area contributed by atoms with Gasteiger partial charge in [-0.25, -0.2) is 4.99 Å². The Balaban J connectivity index is 2.89. The highest BCUT2D eigenvalue weighted by atomic mass is 79.9. The molecule has 3 N–H and O–H groups in total. The largest absolute Gasteiger partial charge is 0.370 e. The third-order valence-corrected chi connectivity index (χ3v) is 2.64. The molecule has 0 bridgehead atoms. The molecule has 1 aromatic rings. The number of rotatable bonds is 2. The highest BCUT2D eigenvalue weighted by molar-refractivity contribution is 9.10. The average Bonchev–Trinajstić information content (AvgIpc) is 2.25. The molecule has 0 heterocycles. The number of nitrogens with two attached hydrogens (primary N) is 1. The summed E-state index contributed by atoms with van der Waals surface area (Å²) in [5, 5.41) is 3.09. The number of guanidine groups is 1. The Bertz CT molecular complexity index is 463. The van der Waals surface area contributed by atoms with Crippen molar-refractivity contribution in [3.63, 3.8) is 0 Å². The maximum absolute atomic E-state index is 5.84. The molecule has 0 aromatic heterocycles. The summed E-state index contributed by atoms with van der Waals surface area (Å²) in [5.41, 5.74) is 6.65. The predicted octanol–water partition coefficient (Wildman–Crippen LogP) is 2.83. The van der Waals surface area contributed by atoms with Crippen LogP contribution in [0.4, 0.5) is 0 Å². The molecule has 0 amide bonds. The van der Waals surface area contributed by atoms with Gasteiger partial charge in [-0.15, -0.1) is 6.42 Å². The highest BCUT2D eigenvalue weighted by Crippen LogP contribution is 2.19. The van der Waals surface area contributed by atoms with Gasteiger partial charge in [0.25, 0.3) is 0 Å². The molecule has 1 unspecified atom stereocenters. The van der Waals surface area contributed by atoms with Gasteiger partial charge in [-0.2, -0.15) is 0 Å². The molecule has 0 radical (unpaired) electrons. The number of nitrogens with one attached hydrogen (secondary N) is 1. The van der Waals surface area contributed by atoms with Crippen LogP contribution in [0.2, 0.25) is 0 Å². The fourth-order valence-corrected chi connectivity index (χ4v) is 1.67. The van der Waals surface area contributed by atoms with Crippen molar-refractivity contribution >= 4 is 21.9 Å². The lowest BCUT2D eigenvalue weighted by atomic mass is 10.1. The van der Waals surface area contributed by atoms with E-state index < -0.39 is 0 Å². The van der Waals surface area contributed by atoms with Gasteiger partial charge in [0, 0.05) is 10.0 Å². The quantitative estimate of drug-likeness (QED) is 0.501. The highest BCUT2D eigenvalue weighted by Gasteiger charge is 2.12. The molecular formula is C14H18BrN3. The molecule has 1 aromatic carbocycles. The zero-order valence-electron chi connectivity index (χ0n) is 10.9. The molecule has 0 saturated carbocycles. The summed E-state index contributed by atoms with van der Waals surface area (Å²) in [7, 11) is 0. The van der Waals surface area contributed by atoms with E-state index in [1.165, 1.54) is 0 Å². The molecular weight excluding hydrogens is 290 g/mol. The van der Waals surface area contributed by atoms with Crippen molar-refractivity contribution in [1.29, 1.82) is 0 Å². The lowest BCUT2D eigenvalue weighted by Gasteiger charge is -2.21. The van der Waals surface area contributed by atoms with Gasteiger partial charge in [-0.1, -0.05) is 34.0 Å². The molecule has 0 spiro atoms. The standard InChI is InChI=1S/C14H18BrN3/c1-5-12(10-6-8-11(15)9-7-10)17-13(16)18-14(2,3)4/h1,6-9,12H,2-4H3,(H3,16,17,18). The van der Waals surface area contributed by atoms with Crippen molar-refractivity contribution in [2.24, 2.45) is 10.7 Å². The van der Waals surface area contributed by atoms with Crippen LogP contribution in [-0.2, 0) is 0 Å². The monoisotopic (exact) mass is 307 g/mol. The molecule has 18 heavy (non-hydrogen) atoms. The van der Waals surface area contributed by atoms with Crippen molar-refractivity contribution in [1.82, 2.24) is 5.32 Å². The zero-order valence-corrected chi connectivity index (χ0v) is 12.5. The van der Waals surface area contributed by atoms with E-state index in [4.69, 9.17) is 12.2 Å².